The van der Waals surface area contributed by atoms with E-state index in [0.29, 0.717) is 5.56 Å². The molecule has 16 nitrogen and oxygen atoms in total. The van der Waals surface area contributed by atoms with Crippen LogP contribution in [0.25, 0.3) is 0 Å². The molecule has 1 unspecified atom stereocenters. The molecule has 1 aromatic rings. The lowest BCUT2D eigenvalue weighted by molar-refractivity contribution is -0.384. The van der Waals surface area contributed by atoms with Crippen molar-refractivity contribution in [3.05, 3.63) is 39.9 Å². The Kier molecular flexibility index (Phi) is 12.6. The summed E-state index contributed by atoms with van der Waals surface area (Å²) in [5.41, 5.74) is 0.309. The zero-order valence-corrected chi connectivity index (χ0v) is 19.6. The molecule has 0 aromatic heterocycles. The first-order valence-electron chi connectivity index (χ1n) is 10.8. The van der Waals surface area contributed by atoms with Crippen molar-refractivity contribution in [1.29, 1.82) is 0 Å². The summed E-state index contributed by atoms with van der Waals surface area (Å²) in [6.07, 6.45) is 0.0267. The predicted octanol–water partition coefficient (Wildman–Crippen LogP) is -1.17. The van der Waals surface area contributed by atoms with E-state index in [1.54, 1.807) is 0 Å². The fourth-order valence-corrected chi connectivity index (χ4v) is 3.63. The van der Waals surface area contributed by atoms with E-state index < -0.39 is 73.5 Å². The Morgan fingerprint density at radius 3 is 1.54 bits per heavy atom. The van der Waals surface area contributed by atoms with Crippen LogP contribution in [-0.2, 0) is 30.4 Å². The zero-order chi connectivity index (χ0) is 28.1. The van der Waals surface area contributed by atoms with Crippen LogP contribution >= 0.6 is 0 Å². The van der Waals surface area contributed by atoms with E-state index in [9.17, 15) is 49.4 Å². The van der Waals surface area contributed by atoms with Crippen LogP contribution < -0.4 is 0 Å². The number of benzene rings is 1. The van der Waals surface area contributed by atoms with Crippen LogP contribution in [0.3, 0.4) is 0 Å². The van der Waals surface area contributed by atoms with Crippen LogP contribution in [-0.4, -0.2) is 133 Å². The van der Waals surface area contributed by atoms with Crippen molar-refractivity contribution in [2.75, 3.05) is 52.4 Å². The fourth-order valence-electron chi connectivity index (χ4n) is 3.63. The molecule has 0 spiro atoms. The standard InChI is InChI=1S/C21H28N4O12/c26-17(27)9-22(10-18(28)29)5-6-24(13-21(34)35)16(8-23(11-19(30)31)12-20(32)33)7-14-1-3-15(4-2-14)25(36)37/h1-4,16H,5-13H2,(H,26,27)(H,28,29)(H,30,31)(H,32,33)(H,34,35). The third-order valence-electron chi connectivity index (χ3n) is 5.08. The van der Waals surface area contributed by atoms with Crippen molar-refractivity contribution in [3.63, 3.8) is 0 Å². The van der Waals surface area contributed by atoms with E-state index in [4.69, 9.17) is 10.2 Å². The number of hydrogen-bond acceptors (Lipinski definition) is 10. The first kappa shape index (κ1) is 30.9. The third kappa shape index (κ3) is 12.9. The van der Waals surface area contributed by atoms with E-state index >= 15 is 0 Å². The number of hydrogen-bond donors (Lipinski definition) is 5. The molecule has 204 valence electrons. The van der Waals surface area contributed by atoms with E-state index in [-0.39, 0.29) is 31.7 Å². The van der Waals surface area contributed by atoms with Gasteiger partial charge in [0.2, 0.25) is 0 Å². The Labute approximate surface area is 210 Å². The summed E-state index contributed by atoms with van der Waals surface area (Å²) in [5.74, 6) is -6.55. The third-order valence-corrected chi connectivity index (χ3v) is 5.08. The van der Waals surface area contributed by atoms with Gasteiger partial charge in [-0.2, -0.15) is 0 Å². The van der Waals surface area contributed by atoms with Gasteiger partial charge >= 0.3 is 29.8 Å². The second kappa shape index (κ2) is 15.1. The highest BCUT2D eigenvalue weighted by atomic mass is 16.6. The second-order valence-electron chi connectivity index (χ2n) is 8.10. The van der Waals surface area contributed by atoms with Crippen molar-refractivity contribution in [3.8, 4) is 0 Å². The molecule has 0 radical (unpaired) electrons. The Bertz CT molecular complexity index is 952. The van der Waals surface area contributed by atoms with Crippen LogP contribution in [0.4, 0.5) is 5.69 Å². The first-order valence-corrected chi connectivity index (χ1v) is 10.8. The largest absolute Gasteiger partial charge is 0.480 e. The van der Waals surface area contributed by atoms with E-state index in [0.717, 1.165) is 9.80 Å². The summed E-state index contributed by atoms with van der Waals surface area (Å²) in [6, 6.07) is 4.45. The summed E-state index contributed by atoms with van der Waals surface area (Å²) in [6.45, 7) is -3.80. The number of rotatable bonds is 19. The van der Waals surface area contributed by atoms with Gasteiger partial charge in [-0.3, -0.25) is 48.8 Å². The van der Waals surface area contributed by atoms with Gasteiger partial charge in [0.05, 0.1) is 37.6 Å². The molecule has 0 aliphatic heterocycles. The summed E-state index contributed by atoms with van der Waals surface area (Å²) < 4.78 is 0. The van der Waals surface area contributed by atoms with Gasteiger partial charge in [-0.25, -0.2) is 0 Å². The monoisotopic (exact) mass is 528 g/mol. The van der Waals surface area contributed by atoms with Crippen LogP contribution in [0.15, 0.2) is 24.3 Å². The van der Waals surface area contributed by atoms with Gasteiger partial charge < -0.3 is 25.5 Å². The molecule has 0 bridgehead atoms. The van der Waals surface area contributed by atoms with Gasteiger partial charge in [-0.1, -0.05) is 12.1 Å². The van der Waals surface area contributed by atoms with Crippen LogP contribution in [0, 0.1) is 10.1 Å². The molecule has 0 saturated heterocycles. The summed E-state index contributed by atoms with van der Waals surface area (Å²) in [7, 11) is 0. The first-order chi connectivity index (χ1) is 17.3. The molecular weight excluding hydrogens is 500 g/mol. The number of nitrogens with zero attached hydrogens (tertiary/aromatic N) is 4. The number of carboxylic acids is 5. The molecule has 0 saturated carbocycles. The van der Waals surface area contributed by atoms with E-state index in [1.165, 1.54) is 29.2 Å². The van der Waals surface area contributed by atoms with Gasteiger partial charge in [0.15, 0.2) is 0 Å². The maximum Gasteiger partial charge on any atom is 0.317 e. The van der Waals surface area contributed by atoms with Gasteiger partial charge in [0.1, 0.15) is 0 Å². The predicted molar refractivity (Wildman–Crippen MR) is 123 cm³/mol. The van der Waals surface area contributed by atoms with Crippen LogP contribution in [0.5, 0.6) is 0 Å². The minimum Gasteiger partial charge on any atom is -0.480 e. The number of carboxylic acid groups (broad SMARTS) is 5. The SMILES string of the molecule is O=C(O)CN(CCN(CC(=O)O)C(Cc1ccc([N+](=O)[O-])cc1)CN(CC(=O)O)CC(=O)O)CC(=O)O. The fraction of sp³-hybridized carbons (Fsp3) is 0.476. The lowest BCUT2D eigenvalue weighted by atomic mass is 10.0. The van der Waals surface area contributed by atoms with Gasteiger partial charge in [-0.15, -0.1) is 0 Å². The van der Waals surface area contributed by atoms with Crippen molar-refractivity contribution < 1.29 is 54.4 Å². The summed E-state index contributed by atoms with van der Waals surface area (Å²) in [5, 5.41) is 56.9. The molecule has 0 heterocycles. The maximum absolute atomic E-state index is 11.6. The van der Waals surface area contributed by atoms with Crippen molar-refractivity contribution in [1.82, 2.24) is 14.7 Å². The zero-order valence-electron chi connectivity index (χ0n) is 19.6. The minimum atomic E-state index is -1.32. The van der Waals surface area contributed by atoms with Crippen molar-refractivity contribution in [2.45, 2.75) is 12.5 Å². The quantitative estimate of drug-likeness (QED) is 0.105. The molecule has 1 atom stereocenters. The molecule has 37 heavy (non-hydrogen) atoms. The Morgan fingerprint density at radius 1 is 0.703 bits per heavy atom. The topological polar surface area (TPSA) is 239 Å². The molecule has 1 aromatic carbocycles. The van der Waals surface area contributed by atoms with E-state index in [2.05, 4.69) is 0 Å². The summed E-state index contributed by atoms with van der Waals surface area (Å²) in [4.78, 5) is 70.2. The summed E-state index contributed by atoms with van der Waals surface area (Å²) >= 11 is 0. The number of carbonyl (C=O) groups is 5. The van der Waals surface area contributed by atoms with Gasteiger partial charge in [-0.05, 0) is 12.0 Å². The molecule has 0 aliphatic rings. The maximum atomic E-state index is 11.6. The molecule has 16 heteroatoms. The molecule has 0 aliphatic carbocycles. The normalized spacial score (nSPS) is 12.0. The number of non-ortho nitro benzene ring substituents is 1. The Balaban J connectivity index is 3.30. The lowest BCUT2D eigenvalue weighted by Gasteiger charge is -2.35. The van der Waals surface area contributed by atoms with Crippen LogP contribution in [0.1, 0.15) is 5.56 Å². The number of nitro groups is 1. The highest BCUT2D eigenvalue weighted by Gasteiger charge is 2.27. The van der Waals surface area contributed by atoms with E-state index in [1.807, 2.05) is 0 Å². The lowest BCUT2D eigenvalue weighted by Crippen LogP contribution is -2.51. The average molecular weight is 528 g/mol. The molecule has 0 amide bonds. The number of nitro benzene ring substituents is 1. The highest BCUT2D eigenvalue weighted by molar-refractivity contribution is 5.73. The van der Waals surface area contributed by atoms with Crippen molar-refractivity contribution in [2.24, 2.45) is 0 Å². The number of aliphatic carboxylic acids is 5. The Hall–Kier alpha value is -4.15. The molecule has 1 rings (SSSR count). The minimum absolute atomic E-state index is 0.0267. The Morgan fingerprint density at radius 2 is 1.14 bits per heavy atom. The highest BCUT2D eigenvalue weighted by Crippen LogP contribution is 2.16. The smallest absolute Gasteiger partial charge is 0.317 e. The average Bonchev–Trinajstić information content (AvgIpc) is 2.74. The molecular formula is C21H28N4O12. The molecule has 0 fully saturated rings. The van der Waals surface area contributed by atoms with Gasteiger partial charge in [0, 0.05) is 37.8 Å². The second-order valence-corrected chi connectivity index (χ2v) is 8.10. The van der Waals surface area contributed by atoms with Crippen LogP contribution in [0.2, 0.25) is 0 Å². The van der Waals surface area contributed by atoms with Crippen molar-refractivity contribution >= 4 is 35.5 Å². The molecule has 5 N–H and O–H groups in total. The van der Waals surface area contributed by atoms with Gasteiger partial charge in [0.25, 0.3) is 5.69 Å².